The Hall–Kier alpha value is -2.23. The SMILES string of the molecule is CCn1cc(C#N)c(=O)n(CCOc2ccc(Cl)cc2Cl)c1=O. The van der Waals surface area contributed by atoms with Gasteiger partial charge >= 0.3 is 5.69 Å². The predicted molar refractivity (Wildman–Crippen MR) is 87.3 cm³/mol. The molecule has 0 unspecified atom stereocenters. The molecule has 23 heavy (non-hydrogen) atoms. The molecule has 8 heteroatoms. The summed E-state index contributed by atoms with van der Waals surface area (Å²) in [4.78, 5) is 24.2. The zero-order chi connectivity index (χ0) is 17.0. The Morgan fingerprint density at radius 2 is 2.04 bits per heavy atom. The maximum Gasteiger partial charge on any atom is 0.331 e. The Morgan fingerprint density at radius 3 is 2.65 bits per heavy atom. The maximum atomic E-state index is 12.2. The fraction of sp³-hybridized carbons (Fsp3) is 0.267. The molecule has 0 aliphatic carbocycles. The van der Waals surface area contributed by atoms with Gasteiger partial charge in [0, 0.05) is 17.8 Å². The van der Waals surface area contributed by atoms with Gasteiger partial charge in [0.2, 0.25) is 0 Å². The monoisotopic (exact) mass is 353 g/mol. The number of rotatable bonds is 5. The lowest BCUT2D eigenvalue weighted by Gasteiger charge is -2.11. The quantitative estimate of drug-likeness (QED) is 0.826. The van der Waals surface area contributed by atoms with E-state index in [0.717, 1.165) is 4.57 Å². The van der Waals surface area contributed by atoms with E-state index in [9.17, 15) is 9.59 Å². The zero-order valence-corrected chi connectivity index (χ0v) is 13.8. The number of aromatic nitrogens is 2. The van der Waals surface area contributed by atoms with Gasteiger partial charge in [-0.2, -0.15) is 5.26 Å². The summed E-state index contributed by atoms with van der Waals surface area (Å²) >= 11 is 11.8. The first-order valence-electron chi connectivity index (χ1n) is 6.80. The summed E-state index contributed by atoms with van der Waals surface area (Å²) in [6, 6.07) is 6.55. The highest BCUT2D eigenvalue weighted by Crippen LogP contribution is 2.27. The molecule has 2 aromatic rings. The van der Waals surface area contributed by atoms with Crippen LogP contribution in [0, 0.1) is 11.3 Å². The molecule has 1 aromatic heterocycles. The van der Waals surface area contributed by atoms with E-state index >= 15 is 0 Å². The van der Waals surface area contributed by atoms with Crippen molar-refractivity contribution in [3.63, 3.8) is 0 Å². The van der Waals surface area contributed by atoms with E-state index in [2.05, 4.69) is 0 Å². The Balaban J connectivity index is 2.22. The van der Waals surface area contributed by atoms with Crippen LogP contribution in [0.4, 0.5) is 0 Å². The fourth-order valence-electron chi connectivity index (χ4n) is 1.99. The van der Waals surface area contributed by atoms with Crippen LogP contribution in [-0.2, 0) is 13.1 Å². The first-order chi connectivity index (χ1) is 11.0. The topological polar surface area (TPSA) is 77.0 Å². The Bertz CT molecular complexity index is 881. The van der Waals surface area contributed by atoms with Gasteiger partial charge in [0.05, 0.1) is 11.6 Å². The first-order valence-corrected chi connectivity index (χ1v) is 7.55. The van der Waals surface area contributed by atoms with Crippen molar-refractivity contribution in [1.82, 2.24) is 9.13 Å². The van der Waals surface area contributed by atoms with E-state index in [4.69, 9.17) is 33.2 Å². The molecule has 0 N–H and O–H groups in total. The molecule has 0 saturated heterocycles. The summed E-state index contributed by atoms with van der Waals surface area (Å²) < 4.78 is 7.75. The van der Waals surface area contributed by atoms with Crippen LogP contribution < -0.4 is 16.0 Å². The minimum absolute atomic E-state index is 0.00609. The van der Waals surface area contributed by atoms with E-state index < -0.39 is 11.2 Å². The highest BCUT2D eigenvalue weighted by atomic mass is 35.5. The third-order valence-electron chi connectivity index (χ3n) is 3.16. The normalized spacial score (nSPS) is 10.3. The highest BCUT2D eigenvalue weighted by Gasteiger charge is 2.11. The largest absolute Gasteiger partial charge is 0.490 e. The van der Waals surface area contributed by atoms with Gasteiger partial charge in [-0.25, -0.2) is 4.79 Å². The lowest BCUT2D eigenvalue weighted by atomic mass is 10.3. The molecule has 120 valence electrons. The molecule has 2 rings (SSSR count). The van der Waals surface area contributed by atoms with Crippen LogP contribution in [0.1, 0.15) is 12.5 Å². The van der Waals surface area contributed by atoms with Crippen LogP contribution in [0.15, 0.2) is 34.0 Å². The summed E-state index contributed by atoms with van der Waals surface area (Å²) in [5, 5.41) is 9.79. The summed E-state index contributed by atoms with van der Waals surface area (Å²) in [5.41, 5.74) is -1.20. The van der Waals surface area contributed by atoms with Crippen molar-refractivity contribution in [2.24, 2.45) is 0 Å². The van der Waals surface area contributed by atoms with Gasteiger partial charge < -0.3 is 4.74 Å². The molecule has 0 amide bonds. The van der Waals surface area contributed by atoms with E-state index in [1.165, 1.54) is 16.8 Å². The standard InChI is InChI=1S/C15H13Cl2N3O3/c1-2-19-9-10(8-18)14(21)20(15(19)22)5-6-23-13-4-3-11(16)7-12(13)17/h3-4,7,9H,2,5-6H2,1H3. The van der Waals surface area contributed by atoms with E-state index in [1.807, 2.05) is 0 Å². The van der Waals surface area contributed by atoms with Crippen LogP contribution in [0.25, 0.3) is 0 Å². The van der Waals surface area contributed by atoms with Crippen molar-refractivity contribution in [3.8, 4) is 11.8 Å². The lowest BCUT2D eigenvalue weighted by Crippen LogP contribution is -2.41. The van der Waals surface area contributed by atoms with Crippen molar-refractivity contribution >= 4 is 23.2 Å². The molecule has 0 spiro atoms. The van der Waals surface area contributed by atoms with Crippen LogP contribution in [0.2, 0.25) is 10.0 Å². The second-order valence-corrected chi connectivity index (χ2v) is 5.45. The minimum Gasteiger partial charge on any atom is -0.490 e. The van der Waals surface area contributed by atoms with E-state index in [0.29, 0.717) is 22.3 Å². The van der Waals surface area contributed by atoms with Gasteiger partial charge in [0.25, 0.3) is 5.56 Å². The van der Waals surface area contributed by atoms with Crippen LogP contribution >= 0.6 is 23.2 Å². The zero-order valence-electron chi connectivity index (χ0n) is 12.3. The van der Waals surface area contributed by atoms with Crippen molar-refractivity contribution < 1.29 is 4.74 Å². The van der Waals surface area contributed by atoms with Gasteiger partial charge in [-0.3, -0.25) is 13.9 Å². The molecule has 1 heterocycles. The smallest absolute Gasteiger partial charge is 0.331 e. The molecule has 0 bridgehead atoms. The molecule has 0 fully saturated rings. The van der Waals surface area contributed by atoms with Gasteiger partial charge in [-0.15, -0.1) is 0 Å². The Labute approximate surface area is 142 Å². The molecule has 0 atom stereocenters. The second-order valence-electron chi connectivity index (χ2n) is 4.60. The molecular formula is C15H13Cl2N3O3. The molecule has 0 saturated carbocycles. The van der Waals surface area contributed by atoms with Gasteiger partial charge in [-0.1, -0.05) is 23.2 Å². The number of hydrogen-bond donors (Lipinski definition) is 0. The van der Waals surface area contributed by atoms with Gasteiger partial charge in [-0.05, 0) is 25.1 Å². The molecule has 0 aliphatic heterocycles. The Morgan fingerprint density at radius 1 is 1.30 bits per heavy atom. The Kier molecular flexibility index (Phi) is 5.48. The number of ether oxygens (including phenoxy) is 1. The third-order valence-corrected chi connectivity index (χ3v) is 3.70. The van der Waals surface area contributed by atoms with E-state index in [1.54, 1.807) is 25.1 Å². The highest BCUT2D eigenvalue weighted by molar-refractivity contribution is 6.35. The second kappa shape index (κ2) is 7.36. The maximum absolute atomic E-state index is 12.2. The summed E-state index contributed by atoms with van der Waals surface area (Å²) in [6.07, 6.45) is 1.26. The molecule has 0 radical (unpaired) electrons. The molecule has 0 aliphatic rings. The van der Waals surface area contributed by atoms with Crippen molar-refractivity contribution in [3.05, 3.63) is 60.8 Å². The molecule has 6 nitrogen and oxygen atoms in total. The molecular weight excluding hydrogens is 341 g/mol. The minimum atomic E-state index is -0.631. The third kappa shape index (κ3) is 3.76. The molecule has 1 aromatic carbocycles. The number of aryl methyl sites for hydroxylation is 1. The van der Waals surface area contributed by atoms with E-state index in [-0.39, 0.29) is 18.7 Å². The fourth-order valence-corrected chi connectivity index (χ4v) is 2.46. The van der Waals surface area contributed by atoms with Crippen LogP contribution in [0.5, 0.6) is 5.75 Å². The average molecular weight is 354 g/mol. The number of nitrogens with zero attached hydrogens (tertiary/aromatic N) is 3. The van der Waals surface area contributed by atoms with Gasteiger partial charge in [0.1, 0.15) is 24.0 Å². The number of benzene rings is 1. The number of hydrogen-bond acceptors (Lipinski definition) is 4. The first kappa shape index (κ1) is 17.1. The van der Waals surface area contributed by atoms with Crippen molar-refractivity contribution in [2.45, 2.75) is 20.0 Å². The van der Waals surface area contributed by atoms with Crippen molar-refractivity contribution in [1.29, 1.82) is 5.26 Å². The summed E-state index contributed by atoms with van der Waals surface area (Å²) in [6.45, 7) is 2.17. The predicted octanol–water partition coefficient (Wildman–Crippen LogP) is 2.29. The number of halogens is 2. The average Bonchev–Trinajstić information content (AvgIpc) is 2.52. The lowest BCUT2D eigenvalue weighted by molar-refractivity contribution is 0.291. The van der Waals surface area contributed by atoms with Gasteiger partial charge in [0.15, 0.2) is 0 Å². The summed E-state index contributed by atoms with van der Waals surface area (Å²) in [5.74, 6) is 0.399. The van der Waals surface area contributed by atoms with Crippen molar-refractivity contribution in [2.75, 3.05) is 6.61 Å². The summed E-state index contributed by atoms with van der Waals surface area (Å²) in [7, 11) is 0. The number of nitriles is 1. The van der Waals surface area contributed by atoms with Crippen LogP contribution in [-0.4, -0.2) is 15.7 Å². The van der Waals surface area contributed by atoms with Crippen LogP contribution in [0.3, 0.4) is 0 Å².